The van der Waals surface area contributed by atoms with Crippen molar-refractivity contribution in [3.05, 3.63) is 23.8 Å². The van der Waals surface area contributed by atoms with Crippen molar-refractivity contribution in [2.24, 2.45) is 5.92 Å². The van der Waals surface area contributed by atoms with E-state index in [9.17, 15) is 4.79 Å². The van der Waals surface area contributed by atoms with Crippen molar-refractivity contribution in [2.45, 2.75) is 58.1 Å². The molecule has 27 heavy (non-hydrogen) atoms. The van der Waals surface area contributed by atoms with Gasteiger partial charge < -0.3 is 18.9 Å². The van der Waals surface area contributed by atoms with Crippen LogP contribution >= 0.6 is 9.24 Å². The molecule has 0 N–H and O–H groups in total. The molecular weight excluding hydrogens is 362 g/mol. The SMILES string of the molecule is CC1(C)OCC(COc2cccc(C=O)c2[B]OC(C)(C)C(C)(C)P)CO1. The Balaban J connectivity index is 2.07. The van der Waals surface area contributed by atoms with Crippen molar-refractivity contribution in [1.29, 1.82) is 0 Å². The standard InChI is InChI=1S/C20H31BO5P/c1-18(2,19(3,4)27)26-21-17-15(10-22)8-7-9-16(17)23-11-14-12-24-20(5,6)25-13-14/h7-10,14H,11-13,27H2,1-6H3. The average Bonchev–Trinajstić information content (AvgIpc) is 2.58. The maximum atomic E-state index is 11.5. The molecule has 1 fully saturated rings. The highest BCUT2D eigenvalue weighted by Gasteiger charge is 2.34. The van der Waals surface area contributed by atoms with Gasteiger partial charge in [0.05, 0.1) is 25.4 Å². The summed E-state index contributed by atoms with van der Waals surface area (Å²) < 4.78 is 23.4. The molecule has 0 amide bonds. The van der Waals surface area contributed by atoms with E-state index >= 15 is 0 Å². The largest absolute Gasteiger partial charge is 0.494 e. The Morgan fingerprint density at radius 3 is 2.44 bits per heavy atom. The van der Waals surface area contributed by atoms with Crippen molar-refractivity contribution >= 4 is 28.5 Å². The first-order chi connectivity index (χ1) is 12.5. The summed E-state index contributed by atoms with van der Waals surface area (Å²) in [5, 5.41) is -0.149. The third kappa shape index (κ3) is 6.02. The number of hydrogen-bond donors (Lipinski definition) is 0. The van der Waals surface area contributed by atoms with Gasteiger partial charge in [0.25, 0.3) is 0 Å². The van der Waals surface area contributed by atoms with Crippen LogP contribution in [0.5, 0.6) is 5.75 Å². The number of benzene rings is 1. The van der Waals surface area contributed by atoms with E-state index < -0.39 is 11.4 Å². The van der Waals surface area contributed by atoms with Crippen LogP contribution in [0, 0.1) is 5.92 Å². The van der Waals surface area contributed by atoms with Gasteiger partial charge in [0, 0.05) is 16.6 Å². The van der Waals surface area contributed by atoms with Crippen LogP contribution in [-0.2, 0) is 14.1 Å². The van der Waals surface area contributed by atoms with Crippen LogP contribution in [0.1, 0.15) is 51.9 Å². The zero-order valence-electron chi connectivity index (χ0n) is 17.2. The summed E-state index contributed by atoms with van der Waals surface area (Å²) in [5.41, 5.74) is 0.733. The molecule has 7 heteroatoms. The first-order valence-electron chi connectivity index (χ1n) is 9.24. The predicted octanol–water partition coefficient (Wildman–Crippen LogP) is 2.97. The van der Waals surface area contributed by atoms with E-state index in [2.05, 4.69) is 23.1 Å². The molecule has 1 aliphatic rings. The van der Waals surface area contributed by atoms with E-state index in [0.29, 0.717) is 36.6 Å². The van der Waals surface area contributed by atoms with Crippen molar-refractivity contribution in [3.63, 3.8) is 0 Å². The molecule has 2 rings (SSSR count). The first-order valence-corrected chi connectivity index (χ1v) is 9.82. The molecule has 1 aliphatic heterocycles. The van der Waals surface area contributed by atoms with E-state index in [4.69, 9.17) is 18.9 Å². The first kappa shape index (κ1) is 22.4. The van der Waals surface area contributed by atoms with Crippen molar-refractivity contribution in [1.82, 2.24) is 0 Å². The van der Waals surface area contributed by atoms with E-state index in [1.54, 1.807) is 19.6 Å². The Bertz CT molecular complexity index is 644. The minimum atomic E-state index is -0.544. The molecule has 149 valence electrons. The van der Waals surface area contributed by atoms with Gasteiger partial charge in [-0.05, 0) is 39.2 Å². The molecule has 1 radical (unpaired) electrons. The fourth-order valence-electron chi connectivity index (χ4n) is 2.30. The van der Waals surface area contributed by atoms with Crippen molar-refractivity contribution in [2.75, 3.05) is 19.8 Å². The topological polar surface area (TPSA) is 54.0 Å². The molecule has 5 nitrogen and oxygen atoms in total. The van der Waals surface area contributed by atoms with E-state index in [1.807, 2.05) is 33.8 Å². The molecule has 0 saturated carbocycles. The van der Waals surface area contributed by atoms with Crippen LogP contribution in [0.4, 0.5) is 0 Å². The maximum absolute atomic E-state index is 11.5. The molecule has 1 saturated heterocycles. The lowest BCUT2D eigenvalue weighted by atomic mass is 9.80. The fraction of sp³-hybridized carbons (Fsp3) is 0.650. The zero-order valence-corrected chi connectivity index (χ0v) is 18.4. The molecule has 1 heterocycles. The second kappa shape index (κ2) is 8.61. The van der Waals surface area contributed by atoms with E-state index in [0.717, 1.165) is 6.29 Å². The second-order valence-corrected chi connectivity index (χ2v) is 9.99. The Hall–Kier alpha value is -0.935. The minimum absolute atomic E-state index is 0.133. The molecule has 1 atom stereocenters. The third-order valence-electron chi connectivity index (χ3n) is 5.06. The highest BCUT2D eigenvalue weighted by atomic mass is 31.0. The molecule has 0 spiro atoms. The lowest BCUT2D eigenvalue weighted by Gasteiger charge is -2.39. The van der Waals surface area contributed by atoms with Gasteiger partial charge in [0.1, 0.15) is 12.0 Å². The van der Waals surface area contributed by atoms with Gasteiger partial charge in [-0.25, -0.2) is 0 Å². The Morgan fingerprint density at radius 1 is 1.26 bits per heavy atom. The van der Waals surface area contributed by atoms with Gasteiger partial charge in [-0.15, -0.1) is 9.24 Å². The highest BCUT2D eigenvalue weighted by molar-refractivity contribution is 7.19. The molecule has 1 unspecified atom stereocenters. The van der Waals surface area contributed by atoms with Gasteiger partial charge in [-0.3, -0.25) is 4.79 Å². The molecule has 1 aromatic carbocycles. The number of carbonyl (C=O) groups is 1. The van der Waals surface area contributed by atoms with Crippen LogP contribution in [0.3, 0.4) is 0 Å². The van der Waals surface area contributed by atoms with Crippen LogP contribution in [-0.4, -0.2) is 50.1 Å². The van der Waals surface area contributed by atoms with Crippen molar-refractivity contribution < 1.29 is 23.7 Å². The summed E-state index contributed by atoms with van der Waals surface area (Å²) in [6.07, 6.45) is 0.816. The lowest BCUT2D eigenvalue weighted by Crippen LogP contribution is -2.46. The monoisotopic (exact) mass is 393 g/mol. The van der Waals surface area contributed by atoms with Crippen LogP contribution in [0.25, 0.3) is 0 Å². The van der Waals surface area contributed by atoms with Gasteiger partial charge in [0.15, 0.2) is 5.79 Å². The summed E-state index contributed by atoms with van der Waals surface area (Å²) in [5.74, 6) is 0.202. The Labute approximate surface area is 166 Å². The van der Waals surface area contributed by atoms with Crippen LogP contribution < -0.4 is 10.2 Å². The van der Waals surface area contributed by atoms with Crippen LogP contribution in [0.2, 0.25) is 0 Å². The molecule has 0 bridgehead atoms. The van der Waals surface area contributed by atoms with Gasteiger partial charge >= 0.3 is 7.48 Å². The van der Waals surface area contributed by atoms with Gasteiger partial charge in [-0.2, -0.15) is 0 Å². The lowest BCUT2D eigenvalue weighted by molar-refractivity contribution is -0.264. The summed E-state index contributed by atoms with van der Waals surface area (Å²) in [6, 6.07) is 5.40. The summed E-state index contributed by atoms with van der Waals surface area (Å²) in [4.78, 5) is 11.5. The minimum Gasteiger partial charge on any atom is -0.494 e. The number of rotatable bonds is 8. The van der Waals surface area contributed by atoms with Gasteiger partial charge in [-0.1, -0.05) is 26.0 Å². The predicted molar refractivity (Wildman–Crippen MR) is 111 cm³/mol. The maximum Gasteiger partial charge on any atom is 0.335 e. The number of carbonyl (C=O) groups excluding carboxylic acids is 1. The van der Waals surface area contributed by atoms with Crippen molar-refractivity contribution in [3.8, 4) is 5.75 Å². The number of ether oxygens (including phenoxy) is 3. The molecular formula is C20H31BO5P. The second-order valence-electron chi connectivity index (χ2n) is 8.54. The Morgan fingerprint density at radius 2 is 1.89 bits per heavy atom. The third-order valence-corrected chi connectivity index (χ3v) is 5.75. The fourth-order valence-corrected chi connectivity index (χ4v) is 2.37. The van der Waals surface area contributed by atoms with E-state index in [-0.39, 0.29) is 11.1 Å². The van der Waals surface area contributed by atoms with Crippen LogP contribution in [0.15, 0.2) is 18.2 Å². The normalized spacial score (nSPS) is 18.2. The molecule has 0 aliphatic carbocycles. The zero-order chi connectivity index (χ0) is 20.3. The molecule has 1 aromatic rings. The average molecular weight is 393 g/mol. The summed E-state index contributed by atoms with van der Waals surface area (Å²) >= 11 is 0. The van der Waals surface area contributed by atoms with E-state index in [1.165, 1.54) is 0 Å². The Kier molecular flexibility index (Phi) is 7.13. The highest BCUT2D eigenvalue weighted by Crippen LogP contribution is 2.33. The quantitative estimate of drug-likeness (QED) is 0.386. The van der Waals surface area contributed by atoms with Gasteiger partial charge in [0.2, 0.25) is 0 Å². The molecule has 0 aromatic heterocycles. The number of aldehydes is 1. The summed E-state index contributed by atoms with van der Waals surface area (Å²) in [6.45, 7) is 13.6. The summed E-state index contributed by atoms with van der Waals surface area (Å²) in [7, 11) is 4.42. The number of hydrogen-bond acceptors (Lipinski definition) is 5. The smallest absolute Gasteiger partial charge is 0.335 e.